The first-order chi connectivity index (χ1) is 11.5. The molecular formula is C18H24N4O2. The summed E-state index contributed by atoms with van der Waals surface area (Å²) in [6, 6.07) is 7.70. The van der Waals surface area contributed by atoms with Gasteiger partial charge in [0.05, 0.1) is 18.2 Å². The van der Waals surface area contributed by atoms with Crippen LogP contribution in [0.15, 0.2) is 36.7 Å². The van der Waals surface area contributed by atoms with Crippen LogP contribution < -0.4 is 10.6 Å². The number of amides is 1. The molecule has 1 amide bonds. The quantitative estimate of drug-likeness (QED) is 0.761. The summed E-state index contributed by atoms with van der Waals surface area (Å²) in [7, 11) is 1.87. The third kappa shape index (κ3) is 3.66. The Kier molecular flexibility index (Phi) is 4.97. The first-order valence-corrected chi connectivity index (χ1v) is 8.26. The van der Waals surface area contributed by atoms with Crippen molar-refractivity contribution < 1.29 is 9.90 Å². The van der Waals surface area contributed by atoms with Crippen molar-refractivity contribution in [2.75, 3.05) is 19.6 Å². The molecule has 2 aromatic rings. The zero-order valence-corrected chi connectivity index (χ0v) is 14.1. The largest absolute Gasteiger partial charge is 0.387 e. The second kappa shape index (κ2) is 7.15. The number of hydrogen-bond acceptors (Lipinski definition) is 4. The Hall–Kier alpha value is -2.18. The Labute approximate surface area is 141 Å². The molecule has 1 fully saturated rings. The monoisotopic (exact) mass is 328 g/mol. The highest BCUT2D eigenvalue weighted by Crippen LogP contribution is 2.28. The lowest BCUT2D eigenvalue weighted by atomic mass is 9.90. The van der Waals surface area contributed by atoms with Gasteiger partial charge in [-0.15, -0.1) is 0 Å². The molecule has 1 aromatic heterocycles. The van der Waals surface area contributed by atoms with Gasteiger partial charge < -0.3 is 15.7 Å². The summed E-state index contributed by atoms with van der Waals surface area (Å²) in [5.41, 5.74) is 3.03. The molecule has 24 heavy (non-hydrogen) atoms. The maximum absolute atomic E-state index is 12.5. The van der Waals surface area contributed by atoms with Crippen LogP contribution in [0.4, 0.5) is 0 Å². The van der Waals surface area contributed by atoms with Crippen LogP contribution in [0.5, 0.6) is 0 Å². The third-order valence-corrected chi connectivity index (χ3v) is 4.64. The molecule has 6 nitrogen and oxygen atoms in total. The maximum Gasteiger partial charge on any atom is 0.225 e. The molecule has 0 bridgehead atoms. The van der Waals surface area contributed by atoms with Crippen molar-refractivity contribution >= 4 is 5.91 Å². The molecule has 0 saturated carbocycles. The number of carbonyl (C=O) groups is 1. The summed E-state index contributed by atoms with van der Waals surface area (Å²) in [4.78, 5) is 12.5. The lowest BCUT2D eigenvalue weighted by molar-refractivity contribution is -0.125. The normalized spacial score (nSPS) is 21.6. The molecule has 2 heterocycles. The van der Waals surface area contributed by atoms with E-state index < -0.39 is 6.10 Å². The van der Waals surface area contributed by atoms with E-state index in [0.29, 0.717) is 6.54 Å². The molecule has 3 N–H and O–H groups in total. The van der Waals surface area contributed by atoms with Crippen molar-refractivity contribution in [1.29, 1.82) is 0 Å². The lowest BCUT2D eigenvalue weighted by Gasteiger charge is -2.19. The van der Waals surface area contributed by atoms with E-state index in [2.05, 4.69) is 15.7 Å². The van der Waals surface area contributed by atoms with Crippen molar-refractivity contribution in [3.05, 3.63) is 53.3 Å². The van der Waals surface area contributed by atoms with Crippen LogP contribution in [0.25, 0.3) is 0 Å². The first kappa shape index (κ1) is 16.7. The average Bonchev–Trinajstić information content (AvgIpc) is 3.21. The average molecular weight is 328 g/mol. The number of aryl methyl sites for hydroxylation is 2. The molecule has 3 atom stereocenters. The van der Waals surface area contributed by atoms with Crippen LogP contribution in [-0.2, 0) is 11.8 Å². The molecule has 1 aliphatic heterocycles. The Morgan fingerprint density at radius 1 is 1.42 bits per heavy atom. The summed E-state index contributed by atoms with van der Waals surface area (Å²) >= 11 is 0. The van der Waals surface area contributed by atoms with Gasteiger partial charge in [-0.05, 0) is 18.1 Å². The zero-order valence-electron chi connectivity index (χ0n) is 14.1. The number of rotatable bonds is 5. The lowest BCUT2D eigenvalue weighted by Crippen LogP contribution is -2.36. The van der Waals surface area contributed by atoms with Crippen LogP contribution in [0.3, 0.4) is 0 Å². The fourth-order valence-corrected chi connectivity index (χ4v) is 3.17. The minimum Gasteiger partial charge on any atom is -0.387 e. The van der Waals surface area contributed by atoms with Gasteiger partial charge in [-0.3, -0.25) is 9.48 Å². The second-order valence-electron chi connectivity index (χ2n) is 6.49. The van der Waals surface area contributed by atoms with Crippen LogP contribution >= 0.6 is 0 Å². The number of aliphatic hydroxyl groups is 1. The summed E-state index contributed by atoms with van der Waals surface area (Å²) < 4.78 is 1.75. The highest BCUT2D eigenvalue weighted by Gasteiger charge is 2.34. The number of hydrogen-bond donors (Lipinski definition) is 3. The van der Waals surface area contributed by atoms with Gasteiger partial charge in [-0.25, -0.2) is 0 Å². The van der Waals surface area contributed by atoms with Crippen molar-refractivity contribution in [1.82, 2.24) is 20.4 Å². The topological polar surface area (TPSA) is 79.2 Å². The van der Waals surface area contributed by atoms with Crippen molar-refractivity contribution in [3.8, 4) is 0 Å². The van der Waals surface area contributed by atoms with Gasteiger partial charge in [0.15, 0.2) is 0 Å². The van der Waals surface area contributed by atoms with Crippen LogP contribution in [0.1, 0.15) is 28.7 Å². The molecule has 3 rings (SSSR count). The Bertz CT molecular complexity index is 695. The molecule has 1 aromatic carbocycles. The Morgan fingerprint density at radius 2 is 2.17 bits per heavy atom. The molecule has 128 valence electrons. The summed E-state index contributed by atoms with van der Waals surface area (Å²) in [5, 5.41) is 20.6. The number of aromatic nitrogens is 2. The van der Waals surface area contributed by atoms with E-state index in [4.69, 9.17) is 0 Å². The summed E-state index contributed by atoms with van der Waals surface area (Å²) in [5.74, 6) is -0.0466. The molecular weight excluding hydrogens is 304 g/mol. The van der Waals surface area contributed by atoms with E-state index in [1.54, 1.807) is 4.68 Å². The van der Waals surface area contributed by atoms with Crippen molar-refractivity contribution in [3.63, 3.8) is 0 Å². The SMILES string of the molecule is Cc1ccc(C(O)CNC(=O)[C@H]2CNC[C@@H]2c2cnn(C)c2)cc1. The smallest absolute Gasteiger partial charge is 0.225 e. The van der Waals surface area contributed by atoms with Gasteiger partial charge in [0.2, 0.25) is 5.91 Å². The van der Waals surface area contributed by atoms with Crippen LogP contribution in [0, 0.1) is 12.8 Å². The minimum absolute atomic E-state index is 0.0278. The van der Waals surface area contributed by atoms with E-state index in [1.807, 2.05) is 50.6 Å². The number of benzene rings is 1. The van der Waals surface area contributed by atoms with Crippen LogP contribution in [0.2, 0.25) is 0 Å². The molecule has 0 radical (unpaired) electrons. The second-order valence-corrected chi connectivity index (χ2v) is 6.49. The third-order valence-electron chi connectivity index (χ3n) is 4.64. The van der Waals surface area contributed by atoms with Gasteiger partial charge in [0.25, 0.3) is 0 Å². The maximum atomic E-state index is 12.5. The van der Waals surface area contributed by atoms with Gasteiger partial charge >= 0.3 is 0 Å². The molecule has 1 unspecified atom stereocenters. The fourth-order valence-electron chi connectivity index (χ4n) is 3.17. The highest BCUT2D eigenvalue weighted by atomic mass is 16.3. The Morgan fingerprint density at radius 3 is 2.83 bits per heavy atom. The van der Waals surface area contributed by atoms with E-state index in [9.17, 15) is 9.90 Å². The summed E-state index contributed by atoms with van der Waals surface area (Å²) in [6.45, 7) is 3.64. The number of nitrogens with one attached hydrogen (secondary N) is 2. The molecule has 0 spiro atoms. The molecule has 1 aliphatic rings. The predicted octanol–water partition coefficient (Wildman–Crippen LogP) is 0.881. The number of aliphatic hydroxyl groups excluding tert-OH is 1. The first-order valence-electron chi connectivity index (χ1n) is 8.26. The standard InChI is InChI=1S/C18H24N4O2/c1-12-3-5-13(6-4-12)17(23)10-20-18(24)16-9-19-8-15(16)14-7-21-22(2)11-14/h3-7,11,15-17,19,23H,8-10H2,1-2H3,(H,20,24)/t15-,16+,17?/m1/s1. The van der Waals surface area contributed by atoms with E-state index in [0.717, 1.165) is 23.2 Å². The van der Waals surface area contributed by atoms with Gasteiger partial charge in [-0.2, -0.15) is 5.10 Å². The number of nitrogens with zero attached hydrogens (tertiary/aromatic N) is 2. The van der Waals surface area contributed by atoms with Crippen molar-refractivity contribution in [2.24, 2.45) is 13.0 Å². The molecule has 0 aliphatic carbocycles. The van der Waals surface area contributed by atoms with Crippen molar-refractivity contribution in [2.45, 2.75) is 18.9 Å². The zero-order chi connectivity index (χ0) is 17.1. The van der Waals surface area contributed by atoms with Crippen LogP contribution in [-0.4, -0.2) is 40.4 Å². The van der Waals surface area contributed by atoms with Gasteiger partial charge in [-0.1, -0.05) is 29.8 Å². The van der Waals surface area contributed by atoms with Gasteiger partial charge in [0, 0.05) is 38.8 Å². The highest BCUT2D eigenvalue weighted by molar-refractivity contribution is 5.80. The summed E-state index contributed by atoms with van der Waals surface area (Å²) in [6.07, 6.45) is 3.08. The van der Waals surface area contributed by atoms with E-state index in [1.165, 1.54) is 0 Å². The molecule has 6 heteroatoms. The van der Waals surface area contributed by atoms with E-state index in [-0.39, 0.29) is 24.3 Å². The fraction of sp³-hybridized carbons (Fsp3) is 0.444. The Balaban J connectivity index is 1.59. The molecule has 1 saturated heterocycles. The minimum atomic E-state index is -0.694. The van der Waals surface area contributed by atoms with Gasteiger partial charge in [0.1, 0.15) is 0 Å². The van der Waals surface area contributed by atoms with E-state index >= 15 is 0 Å². The predicted molar refractivity (Wildman–Crippen MR) is 91.5 cm³/mol. The number of carbonyl (C=O) groups excluding carboxylic acids is 1.